The SMILES string of the molecule is CCNC(c1cncnc1)c1c(Br)cnn1CCN(C)C. The molecule has 0 radical (unpaired) electrons. The van der Waals surface area contributed by atoms with Gasteiger partial charge >= 0.3 is 0 Å². The highest BCUT2D eigenvalue weighted by Crippen LogP contribution is 2.27. The lowest BCUT2D eigenvalue weighted by Gasteiger charge is -2.21. The Hall–Kier alpha value is -1.31. The number of hydrogen-bond donors (Lipinski definition) is 1. The Morgan fingerprint density at radius 2 is 2.00 bits per heavy atom. The van der Waals surface area contributed by atoms with Gasteiger partial charge in [-0.2, -0.15) is 5.10 Å². The summed E-state index contributed by atoms with van der Waals surface area (Å²) < 4.78 is 3.03. The summed E-state index contributed by atoms with van der Waals surface area (Å²) >= 11 is 3.61. The van der Waals surface area contributed by atoms with Gasteiger partial charge in [0, 0.05) is 24.5 Å². The van der Waals surface area contributed by atoms with Gasteiger partial charge in [0.2, 0.25) is 0 Å². The summed E-state index contributed by atoms with van der Waals surface area (Å²) in [6, 6.07) is 0.0234. The van der Waals surface area contributed by atoms with Crippen molar-refractivity contribution in [1.29, 1.82) is 0 Å². The molecule has 0 aromatic carbocycles. The Balaban J connectivity index is 2.34. The minimum atomic E-state index is 0.0234. The molecule has 1 N–H and O–H groups in total. The average molecular weight is 353 g/mol. The molecule has 2 aromatic heterocycles. The smallest absolute Gasteiger partial charge is 0.115 e. The maximum absolute atomic E-state index is 4.48. The van der Waals surface area contributed by atoms with Crippen molar-refractivity contribution in [1.82, 2.24) is 30.0 Å². The predicted molar refractivity (Wildman–Crippen MR) is 86.0 cm³/mol. The van der Waals surface area contributed by atoms with Gasteiger partial charge in [0.05, 0.1) is 29.0 Å². The van der Waals surface area contributed by atoms with E-state index < -0.39 is 0 Å². The van der Waals surface area contributed by atoms with Gasteiger partial charge in [0.25, 0.3) is 0 Å². The first kappa shape index (κ1) is 16.1. The van der Waals surface area contributed by atoms with Crippen LogP contribution in [0.4, 0.5) is 0 Å². The third kappa shape index (κ3) is 4.09. The van der Waals surface area contributed by atoms with Crippen LogP contribution in [-0.2, 0) is 6.54 Å². The van der Waals surface area contributed by atoms with Crippen molar-refractivity contribution in [2.45, 2.75) is 19.5 Å². The maximum Gasteiger partial charge on any atom is 0.115 e. The fourth-order valence-corrected chi connectivity index (χ4v) is 2.69. The van der Waals surface area contributed by atoms with Gasteiger partial charge in [-0.15, -0.1) is 0 Å². The maximum atomic E-state index is 4.48. The van der Waals surface area contributed by atoms with Gasteiger partial charge in [-0.05, 0) is 36.6 Å². The topological polar surface area (TPSA) is 58.9 Å². The van der Waals surface area contributed by atoms with Crippen molar-refractivity contribution in [3.8, 4) is 0 Å². The van der Waals surface area contributed by atoms with E-state index in [-0.39, 0.29) is 6.04 Å². The minimum Gasteiger partial charge on any atom is -0.308 e. The molecule has 0 saturated heterocycles. The quantitative estimate of drug-likeness (QED) is 0.821. The van der Waals surface area contributed by atoms with Crippen LogP contribution in [0.1, 0.15) is 24.2 Å². The molecule has 6 nitrogen and oxygen atoms in total. The van der Waals surface area contributed by atoms with E-state index in [1.807, 2.05) is 23.3 Å². The fourth-order valence-electron chi connectivity index (χ4n) is 2.17. The zero-order valence-electron chi connectivity index (χ0n) is 12.6. The highest BCUT2D eigenvalue weighted by molar-refractivity contribution is 9.10. The Bertz CT molecular complexity index is 554. The molecule has 0 aliphatic heterocycles. The molecule has 1 atom stereocenters. The molecule has 0 saturated carbocycles. The fraction of sp³-hybridized carbons (Fsp3) is 0.500. The molecule has 0 spiro atoms. The van der Waals surface area contributed by atoms with Crippen molar-refractivity contribution in [3.05, 3.63) is 40.6 Å². The lowest BCUT2D eigenvalue weighted by Crippen LogP contribution is -2.27. The molecule has 0 aliphatic rings. The normalized spacial score (nSPS) is 12.8. The van der Waals surface area contributed by atoms with Crippen LogP contribution < -0.4 is 5.32 Å². The summed E-state index contributed by atoms with van der Waals surface area (Å²) in [6.07, 6.45) is 7.08. The van der Waals surface area contributed by atoms with Crippen molar-refractivity contribution in [2.75, 3.05) is 27.2 Å². The van der Waals surface area contributed by atoms with Crippen LogP contribution in [0.5, 0.6) is 0 Å². The highest BCUT2D eigenvalue weighted by Gasteiger charge is 2.21. The third-order valence-corrected chi connectivity index (χ3v) is 3.80. The molecule has 2 aromatic rings. The van der Waals surface area contributed by atoms with E-state index in [2.05, 4.69) is 62.2 Å². The summed E-state index contributed by atoms with van der Waals surface area (Å²) in [5.74, 6) is 0. The summed E-state index contributed by atoms with van der Waals surface area (Å²) in [5, 5.41) is 7.96. The lowest BCUT2D eigenvalue weighted by molar-refractivity contribution is 0.365. The van der Waals surface area contributed by atoms with E-state index in [1.54, 1.807) is 6.33 Å². The summed E-state index contributed by atoms with van der Waals surface area (Å²) in [6.45, 7) is 4.71. The first-order valence-electron chi connectivity index (χ1n) is 6.97. The van der Waals surface area contributed by atoms with Gasteiger partial charge in [-0.25, -0.2) is 9.97 Å². The molecule has 0 aliphatic carbocycles. The number of halogens is 1. The van der Waals surface area contributed by atoms with Gasteiger partial charge in [-0.1, -0.05) is 6.92 Å². The molecule has 2 heterocycles. The molecule has 0 fully saturated rings. The van der Waals surface area contributed by atoms with E-state index in [0.717, 1.165) is 35.4 Å². The number of likely N-dealkylation sites (N-methyl/N-ethyl adjacent to an activating group) is 1. The summed E-state index contributed by atoms with van der Waals surface area (Å²) in [7, 11) is 4.12. The monoisotopic (exact) mass is 352 g/mol. The number of aromatic nitrogens is 4. The van der Waals surface area contributed by atoms with Crippen LogP contribution in [0, 0.1) is 0 Å². The second-order valence-corrected chi connectivity index (χ2v) is 5.92. The second-order valence-electron chi connectivity index (χ2n) is 5.07. The molecule has 0 amide bonds. The summed E-state index contributed by atoms with van der Waals surface area (Å²) in [4.78, 5) is 10.4. The Morgan fingerprint density at radius 3 is 2.62 bits per heavy atom. The minimum absolute atomic E-state index is 0.0234. The first-order valence-corrected chi connectivity index (χ1v) is 7.77. The Kier molecular flexibility index (Phi) is 5.84. The molecule has 0 bridgehead atoms. The van der Waals surface area contributed by atoms with Crippen LogP contribution in [0.25, 0.3) is 0 Å². The first-order chi connectivity index (χ1) is 10.1. The van der Waals surface area contributed by atoms with Crippen LogP contribution in [0.3, 0.4) is 0 Å². The zero-order valence-corrected chi connectivity index (χ0v) is 14.2. The zero-order chi connectivity index (χ0) is 15.2. The molecule has 7 heteroatoms. The Morgan fingerprint density at radius 1 is 1.29 bits per heavy atom. The van der Waals surface area contributed by atoms with Crippen molar-refractivity contribution >= 4 is 15.9 Å². The lowest BCUT2D eigenvalue weighted by atomic mass is 10.1. The number of nitrogens with one attached hydrogen (secondary N) is 1. The molecular formula is C14H21BrN6. The van der Waals surface area contributed by atoms with Crippen molar-refractivity contribution in [2.24, 2.45) is 0 Å². The molecule has 21 heavy (non-hydrogen) atoms. The third-order valence-electron chi connectivity index (χ3n) is 3.19. The molecule has 114 valence electrons. The summed E-state index contributed by atoms with van der Waals surface area (Å²) in [5.41, 5.74) is 2.14. The van der Waals surface area contributed by atoms with Gasteiger partial charge in [0.1, 0.15) is 6.33 Å². The van der Waals surface area contributed by atoms with Crippen LogP contribution in [0.2, 0.25) is 0 Å². The van der Waals surface area contributed by atoms with E-state index in [1.165, 1.54) is 0 Å². The largest absolute Gasteiger partial charge is 0.308 e. The predicted octanol–water partition coefficient (Wildman–Crippen LogP) is 1.70. The van der Waals surface area contributed by atoms with E-state index in [0.29, 0.717) is 0 Å². The Labute approximate surface area is 133 Å². The van der Waals surface area contributed by atoms with E-state index >= 15 is 0 Å². The molecular weight excluding hydrogens is 332 g/mol. The number of nitrogens with zero attached hydrogens (tertiary/aromatic N) is 5. The average Bonchev–Trinajstić information content (AvgIpc) is 2.84. The van der Waals surface area contributed by atoms with E-state index in [4.69, 9.17) is 0 Å². The van der Waals surface area contributed by atoms with Gasteiger partial charge in [-0.3, -0.25) is 4.68 Å². The van der Waals surface area contributed by atoms with Crippen LogP contribution >= 0.6 is 15.9 Å². The molecule has 2 rings (SSSR count). The second kappa shape index (κ2) is 7.63. The van der Waals surface area contributed by atoms with Crippen molar-refractivity contribution < 1.29 is 0 Å². The van der Waals surface area contributed by atoms with Crippen molar-refractivity contribution in [3.63, 3.8) is 0 Å². The van der Waals surface area contributed by atoms with Crippen LogP contribution in [-0.4, -0.2) is 51.8 Å². The molecule has 1 unspecified atom stereocenters. The number of rotatable bonds is 7. The standard InChI is InChI=1S/C14H21BrN6/c1-4-18-13(11-7-16-10-17-8-11)14-12(15)9-19-21(14)6-5-20(2)3/h7-10,13,18H,4-6H2,1-3H3. The van der Waals surface area contributed by atoms with E-state index in [9.17, 15) is 0 Å². The van der Waals surface area contributed by atoms with Crippen LogP contribution in [0.15, 0.2) is 29.4 Å². The van der Waals surface area contributed by atoms with Gasteiger partial charge < -0.3 is 10.2 Å². The number of hydrogen-bond acceptors (Lipinski definition) is 5. The van der Waals surface area contributed by atoms with Gasteiger partial charge in [0.15, 0.2) is 0 Å². The highest BCUT2D eigenvalue weighted by atomic mass is 79.9.